The first-order valence-corrected chi connectivity index (χ1v) is 5.72. The van der Waals surface area contributed by atoms with Gasteiger partial charge in [0.15, 0.2) is 0 Å². The fraction of sp³-hybridized carbons (Fsp3) is 0.600. The molecule has 0 radical (unpaired) electrons. The molecule has 0 aromatic heterocycles. The normalized spacial score (nSPS) is 21.7. The number of hydrogen-bond acceptors (Lipinski definition) is 0. The van der Waals surface area contributed by atoms with Crippen LogP contribution in [0.2, 0.25) is 0 Å². The van der Waals surface area contributed by atoms with E-state index in [2.05, 4.69) is 12.2 Å². The topological polar surface area (TPSA) is 0 Å². The van der Waals surface area contributed by atoms with Gasteiger partial charge in [0.05, 0.1) is 0 Å². The Morgan fingerprint density at radius 3 is 2.23 bits per heavy atom. The predicted octanol–water partition coefficient (Wildman–Crippen LogP) is -3.05. The quantitative estimate of drug-likeness (QED) is 0.471. The standard InChI is InChI=1S/C10H13.2FH.Zr/c1-2-6-9(5-1)10-7-3-4-8-10;;;/h1,5,10H,2-4,7-8H2;2*1H;/q;;;+2/p-2. The maximum atomic E-state index is 2.38. The summed E-state index contributed by atoms with van der Waals surface area (Å²) in [6.07, 6.45) is 11.8. The van der Waals surface area contributed by atoms with E-state index in [1.807, 2.05) is 0 Å². The average molecular weight is 262 g/mol. The van der Waals surface area contributed by atoms with Gasteiger partial charge in [-0.15, -0.1) is 0 Å². The van der Waals surface area contributed by atoms with Gasteiger partial charge < -0.3 is 9.41 Å². The third-order valence-electron chi connectivity index (χ3n) is 2.76. The van der Waals surface area contributed by atoms with Gasteiger partial charge >= 0.3 is 83.7 Å². The molecule has 0 amide bonds. The summed E-state index contributed by atoms with van der Waals surface area (Å²) < 4.78 is 1.71. The molecule has 0 heterocycles. The number of allylic oxidation sites excluding steroid dienone is 4. The van der Waals surface area contributed by atoms with Gasteiger partial charge in [0.2, 0.25) is 0 Å². The first-order valence-electron chi connectivity index (χ1n) is 4.49. The van der Waals surface area contributed by atoms with Crippen LogP contribution >= 0.6 is 0 Å². The predicted molar refractivity (Wildman–Crippen MR) is 42.7 cm³/mol. The molecule has 0 atom stereocenters. The second kappa shape index (κ2) is 5.85. The van der Waals surface area contributed by atoms with E-state index in [1.54, 1.807) is 33.6 Å². The Balaban J connectivity index is 0.000000720. The minimum atomic E-state index is 0. The Morgan fingerprint density at radius 1 is 1.15 bits per heavy atom. The van der Waals surface area contributed by atoms with Crippen molar-refractivity contribution in [1.29, 1.82) is 0 Å². The van der Waals surface area contributed by atoms with Gasteiger partial charge in [0.1, 0.15) is 0 Å². The zero-order valence-electron chi connectivity index (χ0n) is 7.52. The zero-order valence-corrected chi connectivity index (χ0v) is 9.98. The maximum absolute atomic E-state index is 2.38. The monoisotopic (exact) mass is 261 g/mol. The molecule has 1 fully saturated rings. The van der Waals surface area contributed by atoms with Crippen LogP contribution in [0.4, 0.5) is 0 Å². The zero-order chi connectivity index (χ0) is 7.68. The van der Waals surface area contributed by atoms with Crippen LogP contribution in [-0.2, 0) is 24.7 Å². The summed E-state index contributed by atoms with van der Waals surface area (Å²) in [5.41, 5.74) is 1.71. The number of hydrogen-bond donors (Lipinski definition) is 0. The summed E-state index contributed by atoms with van der Waals surface area (Å²) in [7, 11) is 0. The number of halogens is 2. The van der Waals surface area contributed by atoms with Gasteiger partial charge in [0, 0.05) is 0 Å². The van der Waals surface area contributed by atoms with Crippen molar-refractivity contribution < 1.29 is 34.1 Å². The number of rotatable bonds is 1. The molecule has 0 aromatic carbocycles. The average Bonchev–Trinajstić information content (AvgIpc) is 2.55. The van der Waals surface area contributed by atoms with Crippen LogP contribution < -0.4 is 9.41 Å². The van der Waals surface area contributed by atoms with Gasteiger partial charge in [-0.25, -0.2) is 0 Å². The molecule has 2 rings (SSSR count). The first-order chi connectivity index (χ1) is 5.38. The van der Waals surface area contributed by atoms with Gasteiger partial charge in [-0.05, 0) is 0 Å². The fourth-order valence-corrected chi connectivity index (χ4v) is 3.14. The van der Waals surface area contributed by atoms with E-state index in [0.717, 1.165) is 5.92 Å². The molecule has 13 heavy (non-hydrogen) atoms. The molecule has 0 N–H and O–H groups in total. The van der Waals surface area contributed by atoms with E-state index >= 15 is 0 Å². The molecule has 0 unspecified atom stereocenters. The van der Waals surface area contributed by atoms with E-state index < -0.39 is 0 Å². The molecule has 0 nitrogen and oxygen atoms in total. The Labute approximate surface area is 93.1 Å². The Kier molecular flexibility index (Phi) is 5.95. The molecular formula is C10H13F2Zr. The molecule has 2 aliphatic carbocycles. The summed E-state index contributed by atoms with van der Waals surface area (Å²) >= 11 is 1.64. The van der Waals surface area contributed by atoms with Crippen LogP contribution in [0, 0.1) is 5.92 Å². The minimum absolute atomic E-state index is 0. The van der Waals surface area contributed by atoms with E-state index in [0.29, 0.717) is 0 Å². The summed E-state index contributed by atoms with van der Waals surface area (Å²) in [5, 5.41) is 0. The molecule has 0 saturated heterocycles. The van der Waals surface area contributed by atoms with E-state index in [1.165, 1.54) is 32.1 Å². The first kappa shape index (κ1) is 13.2. The molecule has 3 heteroatoms. The molecule has 71 valence electrons. The fourth-order valence-electron chi connectivity index (χ4n) is 2.14. The van der Waals surface area contributed by atoms with Crippen LogP contribution in [0.25, 0.3) is 0 Å². The Hall–Kier alpha value is 0.223. The van der Waals surface area contributed by atoms with Crippen molar-refractivity contribution in [3.63, 3.8) is 0 Å². The second-order valence-electron chi connectivity index (χ2n) is 3.52. The molecule has 0 bridgehead atoms. The molecule has 0 aromatic rings. The van der Waals surface area contributed by atoms with Crippen LogP contribution in [0.15, 0.2) is 21.0 Å². The van der Waals surface area contributed by atoms with Crippen molar-refractivity contribution in [2.45, 2.75) is 32.1 Å². The second-order valence-corrected chi connectivity index (χ2v) is 5.01. The third-order valence-corrected chi connectivity index (χ3v) is 3.97. The van der Waals surface area contributed by atoms with Crippen molar-refractivity contribution in [3.8, 4) is 0 Å². The van der Waals surface area contributed by atoms with Crippen molar-refractivity contribution in [2.24, 2.45) is 5.92 Å². The summed E-state index contributed by atoms with van der Waals surface area (Å²) in [6, 6.07) is 0. The van der Waals surface area contributed by atoms with Gasteiger partial charge in [0.25, 0.3) is 0 Å². The van der Waals surface area contributed by atoms with Crippen molar-refractivity contribution >= 4 is 0 Å². The molecule has 0 spiro atoms. The third kappa shape index (κ3) is 2.84. The Bertz CT molecular complexity index is 215. The van der Waals surface area contributed by atoms with Crippen LogP contribution in [-0.4, -0.2) is 0 Å². The van der Waals surface area contributed by atoms with Crippen molar-refractivity contribution in [2.75, 3.05) is 0 Å². The van der Waals surface area contributed by atoms with Gasteiger partial charge in [-0.1, -0.05) is 0 Å². The SMILES string of the molecule is [F-].[F-].[Zr+2][C]1=C(C2CCCC2)C=CC1. The molecule has 0 aliphatic heterocycles. The Morgan fingerprint density at radius 2 is 1.77 bits per heavy atom. The van der Waals surface area contributed by atoms with Gasteiger partial charge in [-0.2, -0.15) is 0 Å². The van der Waals surface area contributed by atoms with E-state index in [9.17, 15) is 0 Å². The summed E-state index contributed by atoms with van der Waals surface area (Å²) in [4.78, 5) is 0. The van der Waals surface area contributed by atoms with E-state index in [4.69, 9.17) is 0 Å². The molecule has 1 saturated carbocycles. The van der Waals surface area contributed by atoms with Crippen molar-refractivity contribution in [1.82, 2.24) is 0 Å². The summed E-state index contributed by atoms with van der Waals surface area (Å²) in [5.74, 6) is 0.947. The van der Waals surface area contributed by atoms with Crippen LogP contribution in [0.1, 0.15) is 32.1 Å². The van der Waals surface area contributed by atoms with Crippen LogP contribution in [0.3, 0.4) is 0 Å². The van der Waals surface area contributed by atoms with E-state index in [-0.39, 0.29) is 9.41 Å². The van der Waals surface area contributed by atoms with Crippen LogP contribution in [0.5, 0.6) is 0 Å². The van der Waals surface area contributed by atoms with Gasteiger partial charge in [-0.3, -0.25) is 0 Å². The molecular weight excluding hydrogens is 249 g/mol. The molecule has 2 aliphatic rings. The van der Waals surface area contributed by atoms with Crippen molar-refractivity contribution in [3.05, 3.63) is 21.0 Å². The summed E-state index contributed by atoms with van der Waals surface area (Å²) in [6.45, 7) is 0.